The summed E-state index contributed by atoms with van der Waals surface area (Å²) in [4.78, 5) is 17.7. The molecule has 1 heterocycles. The zero-order valence-electron chi connectivity index (χ0n) is 10.4. The molecule has 0 atom stereocenters. The van der Waals surface area contributed by atoms with Crippen molar-refractivity contribution in [2.75, 3.05) is 13.6 Å². The van der Waals surface area contributed by atoms with E-state index in [2.05, 4.69) is 4.98 Å². The molecule has 1 rings (SSSR count). The lowest BCUT2D eigenvalue weighted by atomic mass is 10.1. The van der Waals surface area contributed by atoms with Crippen LogP contribution < -0.4 is 5.73 Å². The number of hydrogen-bond donors (Lipinski definition) is 1. The predicted octanol–water partition coefficient (Wildman–Crippen LogP) is 2.01. The number of amides is 1. The Hall–Kier alpha value is -0.940. The molecule has 0 unspecified atom stereocenters. The number of nitrogens with two attached hydrogens (primary N) is 1. The summed E-state index contributed by atoms with van der Waals surface area (Å²) in [5, 5.41) is 2.92. The highest BCUT2D eigenvalue weighted by Crippen LogP contribution is 2.09. The van der Waals surface area contributed by atoms with Gasteiger partial charge in [0.2, 0.25) is 5.91 Å². The Balaban J connectivity index is 2.14. The Labute approximate surface area is 107 Å². The highest BCUT2D eigenvalue weighted by molar-refractivity contribution is 7.09. The maximum absolute atomic E-state index is 11.8. The summed E-state index contributed by atoms with van der Waals surface area (Å²) < 4.78 is 0. The molecular weight excluding hydrogens is 234 g/mol. The van der Waals surface area contributed by atoms with Crippen molar-refractivity contribution in [3.05, 3.63) is 16.6 Å². The fraction of sp³-hybridized carbons (Fsp3) is 0.667. The Morgan fingerprint density at radius 2 is 2.18 bits per heavy atom. The van der Waals surface area contributed by atoms with E-state index in [4.69, 9.17) is 5.73 Å². The molecule has 0 saturated heterocycles. The zero-order chi connectivity index (χ0) is 12.5. The van der Waals surface area contributed by atoms with Gasteiger partial charge in [0, 0.05) is 25.0 Å². The molecule has 0 aliphatic heterocycles. The first-order valence-electron chi connectivity index (χ1n) is 6.06. The second kappa shape index (κ2) is 8.20. The fourth-order valence-electron chi connectivity index (χ4n) is 1.59. The Morgan fingerprint density at radius 1 is 1.41 bits per heavy atom. The molecule has 0 aromatic carbocycles. The van der Waals surface area contributed by atoms with Crippen LogP contribution in [0.25, 0.3) is 0 Å². The Kier molecular flexibility index (Phi) is 6.81. The van der Waals surface area contributed by atoms with Crippen molar-refractivity contribution in [3.8, 4) is 0 Å². The van der Waals surface area contributed by atoms with Crippen LogP contribution >= 0.6 is 11.3 Å². The Bertz CT molecular complexity index is 314. The summed E-state index contributed by atoms with van der Waals surface area (Å²) in [7, 11) is 1.84. The predicted molar refractivity (Wildman–Crippen MR) is 70.7 cm³/mol. The van der Waals surface area contributed by atoms with Crippen LogP contribution in [-0.2, 0) is 11.3 Å². The summed E-state index contributed by atoms with van der Waals surface area (Å²) in [6.07, 6.45) is 6.63. The normalized spacial score (nSPS) is 10.5. The minimum absolute atomic E-state index is 0.202. The van der Waals surface area contributed by atoms with E-state index in [1.54, 1.807) is 22.4 Å². The molecule has 0 saturated carbocycles. The van der Waals surface area contributed by atoms with Crippen LogP contribution in [0.15, 0.2) is 11.6 Å². The van der Waals surface area contributed by atoms with Gasteiger partial charge in [0.1, 0.15) is 5.01 Å². The first-order valence-corrected chi connectivity index (χ1v) is 6.94. The molecule has 0 radical (unpaired) electrons. The van der Waals surface area contributed by atoms with Gasteiger partial charge in [-0.2, -0.15) is 0 Å². The smallest absolute Gasteiger partial charge is 0.222 e. The molecule has 1 aromatic rings. The molecule has 4 nitrogen and oxygen atoms in total. The molecule has 5 heteroatoms. The largest absolute Gasteiger partial charge is 0.339 e. The van der Waals surface area contributed by atoms with E-state index < -0.39 is 0 Å². The highest BCUT2D eigenvalue weighted by atomic mass is 32.1. The number of carbonyl (C=O) groups excluding carboxylic acids is 1. The third-order valence-corrected chi connectivity index (χ3v) is 3.39. The number of rotatable bonds is 8. The van der Waals surface area contributed by atoms with E-state index in [0.717, 1.165) is 37.2 Å². The van der Waals surface area contributed by atoms with E-state index in [9.17, 15) is 4.79 Å². The second-order valence-corrected chi connectivity index (χ2v) is 5.11. The first-order chi connectivity index (χ1) is 8.24. The first kappa shape index (κ1) is 14.1. The summed E-state index contributed by atoms with van der Waals surface area (Å²) in [6, 6.07) is 0. The maximum Gasteiger partial charge on any atom is 0.222 e. The lowest BCUT2D eigenvalue weighted by Crippen LogP contribution is -2.25. The second-order valence-electron chi connectivity index (χ2n) is 4.13. The van der Waals surface area contributed by atoms with Gasteiger partial charge >= 0.3 is 0 Å². The van der Waals surface area contributed by atoms with Crippen molar-refractivity contribution in [2.24, 2.45) is 5.73 Å². The van der Waals surface area contributed by atoms with Crippen LogP contribution in [0.4, 0.5) is 0 Å². The summed E-state index contributed by atoms with van der Waals surface area (Å²) in [6.45, 7) is 1.37. The number of thiazole rings is 1. The van der Waals surface area contributed by atoms with Crippen molar-refractivity contribution in [1.82, 2.24) is 9.88 Å². The van der Waals surface area contributed by atoms with E-state index in [1.807, 2.05) is 12.4 Å². The van der Waals surface area contributed by atoms with E-state index in [1.165, 1.54) is 0 Å². The van der Waals surface area contributed by atoms with Gasteiger partial charge in [-0.25, -0.2) is 4.98 Å². The molecule has 0 fully saturated rings. The van der Waals surface area contributed by atoms with Gasteiger partial charge in [0.15, 0.2) is 0 Å². The van der Waals surface area contributed by atoms with Crippen LogP contribution in [0.1, 0.15) is 37.1 Å². The van der Waals surface area contributed by atoms with Gasteiger partial charge in [-0.3, -0.25) is 4.79 Å². The topological polar surface area (TPSA) is 59.2 Å². The van der Waals surface area contributed by atoms with Gasteiger partial charge in [-0.05, 0) is 19.4 Å². The number of hydrogen-bond acceptors (Lipinski definition) is 4. The van der Waals surface area contributed by atoms with E-state index >= 15 is 0 Å². The molecule has 1 amide bonds. The molecule has 0 aliphatic carbocycles. The van der Waals surface area contributed by atoms with Crippen LogP contribution in [0.3, 0.4) is 0 Å². The number of carbonyl (C=O) groups is 1. The fourth-order valence-corrected chi connectivity index (χ4v) is 2.26. The van der Waals surface area contributed by atoms with Crippen LogP contribution in [0.2, 0.25) is 0 Å². The van der Waals surface area contributed by atoms with Crippen molar-refractivity contribution >= 4 is 17.2 Å². The SMILES string of the molecule is CN(Cc1nccs1)C(=O)CCCCCCN. The molecule has 2 N–H and O–H groups in total. The van der Waals surface area contributed by atoms with Gasteiger partial charge in [0.25, 0.3) is 0 Å². The van der Waals surface area contributed by atoms with Gasteiger partial charge in [0.05, 0.1) is 6.54 Å². The lowest BCUT2D eigenvalue weighted by molar-refractivity contribution is -0.130. The number of nitrogens with zero attached hydrogens (tertiary/aromatic N) is 2. The quantitative estimate of drug-likeness (QED) is 0.723. The summed E-state index contributed by atoms with van der Waals surface area (Å²) in [5.74, 6) is 0.202. The maximum atomic E-state index is 11.8. The van der Waals surface area contributed by atoms with Crippen molar-refractivity contribution in [1.29, 1.82) is 0 Å². The monoisotopic (exact) mass is 255 g/mol. The van der Waals surface area contributed by atoms with Crippen LogP contribution in [0, 0.1) is 0 Å². The van der Waals surface area contributed by atoms with Gasteiger partial charge < -0.3 is 10.6 Å². The zero-order valence-corrected chi connectivity index (χ0v) is 11.2. The third-order valence-electron chi connectivity index (χ3n) is 2.63. The molecule has 1 aromatic heterocycles. The molecule has 0 aliphatic rings. The third kappa shape index (κ3) is 5.79. The minimum atomic E-state index is 0.202. The molecule has 0 spiro atoms. The summed E-state index contributed by atoms with van der Waals surface area (Å²) >= 11 is 1.58. The molecule has 96 valence electrons. The van der Waals surface area contributed by atoms with Gasteiger partial charge in [-0.15, -0.1) is 11.3 Å². The number of unbranched alkanes of at least 4 members (excludes halogenated alkanes) is 3. The van der Waals surface area contributed by atoms with Gasteiger partial charge in [-0.1, -0.05) is 12.8 Å². The van der Waals surface area contributed by atoms with E-state index in [0.29, 0.717) is 13.0 Å². The van der Waals surface area contributed by atoms with Crippen LogP contribution in [0.5, 0.6) is 0 Å². The molecule has 17 heavy (non-hydrogen) atoms. The van der Waals surface area contributed by atoms with Crippen molar-refractivity contribution in [2.45, 2.75) is 38.6 Å². The minimum Gasteiger partial charge on any atom is -0.339 e. The van der Waals surface area contributed by atoms with Crippen molar-refractivity contribution < 1.29 is 4.79 Å². The molecule has 0 bridgehead atoms. The standard InChI is InChI=1S/C12H21N3OS/c1-15(10-11-14-8-9-17-11)12(16)6-4-2-3-5-7-13/h8-9H,2-7,10,13H2,1H3. The van der Waals surface area contributed by atoms with Crippen molar-refractivity contribution in [3.63, 3.8) is 0 Å². The highest BCUT2D eigenvalue weighted by Gasteiger charge is 2.09. The van der Waals surface area contributed by atoms with E-state index in [-0.39, 0.29) is 5.91 Å². The lowest BCUT2D eigenvalue weighted by Gasteiger charge is -2.15. The average Bonchev–Trinajstić information content (AvgIpc) is 2.81. The summed E-state index contributed by atoms with van der Waals surface area (Å²) in [5.41, 5.74) is 5.41. The Morgan fingerprint density at radius 3 is 2.82 bits per heavy atom. The average molecular weight is 255 g/mol. The molecular formula is C12H21N3OS. The number of aromatic nitrogens is 1. The van der Waals surface area contributed by atoms with Crippen LogP contribution in [-0.4, -0.2) is 29.4 Å².